The first-order valence-corrected chi connectivity index (χ1v) is 17.7. The first-order chi connectivity index (χ1) is 24.7. The summed E-state index contributed by atoms with van der Waals surface area (Å²) in [6.45, 7) is 9.33. The molecule has 0 radical (unpaired) electrons. The number of nitrogens with zero attached hydrogens (tertiary/aromatic N) is 4. The lowest BCUT2D eigenvalue weighted by atomic mass is 10.1. The molecule has 3 atom stereocenters. The Bertz CT molecular complexity index is 1810. The highest BCUT2D eigenvalue weighted by atomic mass is 16.5. The van der Waals surface area contributed by atoms with Crippen molar-refractivity contribution in [2.45, 2.75) is 77.7 Å². The summed E-state index contributed by atoms with van der Waals surface area (Å²) < 4.78 is 23.6. The van der Waals surface area contributed by atoms with Crippen LogP contribution in [0, 0.1) is 0 Å². The first kappa shape index (κ1) is 35.8. The SMILES string of the molecule is C/C=C/C1=CN2C(=O)c3cc(OC)c(OCCCCCOc4cc5c(cc4OC)C(=O)N4CC(/C=C/C)=C[C@H]4C=N5)cc3N(C(C)C)C(O)[C@@H]2C1. The second-order valence-electron chi connectivity index (χ2n) is 13.3. The molecule has 0 aliphatic carbocycles. The van der Waals surface area contributed by atoms with Crippen molar-refractivity contribution in [2.24, 2.45) is 4.99 Å². The number of hydrogen-bond acceptors (Lipinski definition) is 9. The fraction of sp³-hybridized carbons (Fsp3) is 0.425. The summed E-state index contributed by atoms with van der Waals surface area (Å²) in [7, 11) is 3.12. The quantitative estimate of drug-likeness (QED) is 0.233. The van der Waals surface area contributed by atoms with E-state index in [4.69, 9.17) is 18.9 Å². The number of unbranched alkanes of at least 4 members (excludes halogenated alkanes) is 2. The zero-order valence-electron chi connectivity index (χ0n) is 30.3. The van der Waals surface area contributed by atoms with Gasteiger partial charge in [0.05, 0.1) is 62.0 Å². The van der Waals surface area contributed by atoms with Crippen LogP contribution in [0.2, 0.25) is 0 Å². The van der Waals surface area contributed by atoms with Crippen molar-refractivity contribution in [3.8, 4) is 23.0 Å². The minimum absolute atomic E-state index is 0.0741. The second kappa shape index (κ2) is 15.5. The van der Waals surface area contributed by atoms with Gasteiger partial charge in [0, 0.05) is 37.1 Å². The molecular weight excluding hydrogens is 648 g/mol. The Morgan fingerprint density at radius 1 is 0.863 bits per heavy atom. The molecule has 270 valence electrons. The fourth-order valence-electron chi connectivity index (χ4n) is 7.18. The van der Waals surface area contributed by atoms with Gasteiger partial charge in [-0.25, -0.2) is 0 Å². The monoisotopic (exact) mass is 696 g/mol. The predicted octanol–water partition coefficient (Wildman–Crippen LogP) is 6.60. The summed E-state index contributed by atoms with van der Waals surface area (Å²) in [5.74, 6) is 1.75. The standard InChI is InChI=1S/C40H48N4O7/c1-7-12-26-16-28-22-41-31-20-36(34(48-5)18-29(31)38(45)42(28)23-26)50-14-10-9-11-15-51-37-21-32-30(19-35(37)49-6)39(46)43-24-27(13-8-2)17-33(43)40(47)44(32)25(3)4/h7-8,12-13,16,18-22,24-25,28,33,40,47H,9-11,14-15,17,23H2,1-6H3/b12-7+,13-8+/t28-,33-,40?/m0/s1. The van der Waals surface area contributed by atoms with Crippen molar-refractivity contribution in [3.63, 3.8) is 0 Å². The van der Waals surface area contributed by atoms with E-state index in [0.717, 1.165) is 30.4 Å². The number of carbonyl (C=O) groups excluding carboxylic acids is 2. The normalized spacial score (nSPS) is 21.0. The van der Waals surface area contributed by atoms with Crippen LogP contribution in [0.5, 0.6) is 23.0 Å². The zero-order valence-corrected chi connectivity index (χ0v) is 30.3. The molecule has 2 amide bonds. The minimum atomic E-state index is -0.896. The molecule has 6 rings (SSSR count). The Balaban J connectivity index is 1.07. The van der Waals surface area contributed by atoms with Gasteiger partial charge in [0.1, 0.15) is 6.23 Å². The van der Waals surface area contributed by atoms with E-state index in [9.17, 15) is 14.7 Å². The Labute approximate surface area is 300 Å². The lowest BCUT2D eigenvalue weighted by Gasteiger charge is -2.36. The first-order valence-electron chi connectivity index (χ1n) is 17.7. The molecule has 51 heavy (non-hydrogen) atoms. The van der Waals surface area contributed by atoms with Crippen LogP contribution in [0.4, 0.5) is 11.4 Å². The van der Waals surface area contributed by atoms with Crippen molar-refractivity contribution in [1.29, 1.82) is 0 Å². The number of fused-ring (bicyclic) bond motifs is 4. The smallest absolute Gasteiger partial charge is 0.260 e. The molecule has 0 fully saturated rings. The predicted molar refractivity (Wildman–Crippen MR) is 198 cm³/mol. The van der Waals surface area contributed by atoms with Gasteiger partial charge in [0.2, 0.25) is 0 Å². The Morgan fingerprint density at radius 2 is 1.51 bits per heavy atom. The molecule has 0 spiro atoms. The third-order valence-corrected chi connectivity index (χ3v) is 9.62. The average molecular weight is 697 g/mol. The molecule has 4 heterocycles. The number of aliphatic hydroxyl groups is 1. The number of anilines is 1. The Hall–Kier alpha value is -5.03. The van der Waals surface area contributed by atoms with Crippen LogP contribution >= 0.6 is 0 Å². The van der Waals surface area contributed by atoms with Crippen LogP contribution in [0.25, 0.3) is 0 Å². The van der Waals surface area contributed by atoms with Gasteiger partial charge in [-0.2, -0.15) is 0 Å². The van der Waals surface area contributed by atoms with Gasteiger partial charge in [0.25, 0.3) is 11.8 Å². The number of ether oxygens (including phenoxy) is 4. The summed E-state index contributed by atoms with van der Waals surface area (Å²) in [5.41, 5.74) is 4.23. The Morgan fingerprint density at radius 3 is 2.16 bits per heavy atom. The highest BCUT2D eigenvalue weighted by Crippen LogP contribution is 2.43. The lowest BCUT2D eigenvalue weighted by Crippen LogP contribution is -2.50. The van der Waals surface area contributed by atoms with Crippen LogP contribution in [0.3, 0.4) is 0 Å². The average Bonchev–Trinajstić information content (AvgIpc) is 3.69. The summed E-state index contributed by atoms with van der Waals surface area (Å²) in [4.78, 5) is 37.2. The van der Waals surface area contributed by atoms with Crippen LogP contribution < -0.4 is 23.8 Å². The highest BCUT2D eigenvalue weighted by Gasteiger charge is 2.43. The van der Waals surface area contributed by atoms with Crippen LogP contribution in [0.1, 0.15) is 74.1 Å². The number of hydrogen-bond donors (Lipinski definition) is 1. The number of amides is 2. The van der Waals surface area contributed by atoms with E-state index < -0.39 is 12.3 Å². The molecular formula is C40H48N4O7. The molecule has 2 aromatic rings. The van der Waals surface area contributed by atoms with E-state index in [1.165, 1.54) is 0 Å². The zero-order chi connectivity index (χ0) is 36.2. The van der Waals surface area contributed by atoms with Gasteiger partial charge in [-0.3, -0.25) is 14.6 Å². The van der Waals surface area contributed by atoms with Gasteiger partial charge in [0.15, 0.2) is 23.0 Å². The molecule has 1 N–H and O–H groups in total. The van der Waals surface area contributed by atoms with Gasteiger partial charge in [-0.15, -0.1) is 0 Å². The van der Waals surface area contributed by atoms with E-state index in [2.05, 4.69) is 11.1 Å². The topological polar surface area (TPSA) is 113 Å². The maximum Gasteiger partial charge on any atom is 0.260 e. The number of aliphatic hydroxyl groups excluding tert-OH is 1. The number of methoxy groups -OCH3 is 2. The summed E-state index contributed by atoms with van der Waals surface area (Å²) in [6.07, 6.45) is 15.6. The Kier molecular flexibility index (Phi) is 10.9. The van der Waals surface area contributed by atoms with Gasteiger partial charge < -0.3 is 38.8 Å². The van der Waals surface area contributed by atoms with Gasteiger partial charge in [-0.05, 0) is 76.7 Å². The molecule has 4 aliphatic rings. The summed E-state index contributed by atoms with van der Waals surface area (Å²) in [5, 5.41) is 11.6. The van der Waals surface area contributed by atoms with Crippen molar-refractivity contribution in [1.82, 2.24) is 9.80 Å². The van der Waals surface area contributed by atoms with Crippen LogP contribution in [0.15, 0.2) is 77.0 Å². The van der Waals surface area contributed by atoms with Crippen LogP contribution in [-0.2, 0) is 0 Å². The largest absolute Gasteiger partial charge is 0.493 e. The van der Waals surface area contributed by atoms with E-state index in [1.807, 2.05) is 69.2 Å². The molecule has 0 saturated carbocycles. The third kappa shape index (κ3) is 7.12. The number of benzene rings is 2. The van der Waals surface area contributed by atoms with Crippen LogP contribution in [-0.4, -0.2) is 91.3 Å². The molecule has 0 bridgehead atoms. The van der Waals surface area contributed by atoms with E-state index in [-0.39, 0.29) is 23.9 Å². The number of allylic oxidation sites excluding steroid dienone is 3. The number of aliphatic imine (C=N–C) groups is 1. The van der Waals surface area contributed by atoms with E-state index in [1.54, 1.807) is 48.4 Å². The molecule has 2 aromatic carbocycles. The van der Waals surface area contributed by atoms with Crippen molar-refractivity contribution in [2.75, 3.05) is 38.9 Å². The second-order valence-corrected chi connectivity index (χ2v) is 13.3. The van der Waals surface area contributed by atoms with Crippen molar-refractivity contribution in [3.05, 3.63) is 83.1 Å². The summed E-state index contributed by atoms with van der Waals surface area (Å²) >= 11 is 0. The number of rotatable bonds is 13. The summed E-state index contributed by atoms with van der Waals surface area (Å²) in [6, 6.07) is 6.37. The number of carbonyl (C=O) groups is 2. The highest BCUT2D eigenvalue weighted by molar-refractivity contribution is 6.04. The van der Waals surface area contributed by atoms with Crippen molar-refractivity contribution < 1.29 is 33.6 Å². The molecule has 0 aromatic heterocycles. The maximum absolute atomic E-state index is 13.8. The van der Waals surface area contributed by atoms with Gasteiger partial charge >= 0.3 is 0 Å². The van der Waals surface area contributed by atoms with E-state index >= 15 is 0 Å². The van der Waals surface area contributed by atoms with Gasteiger partial charge in [-0.1, -0.05) is 30.4 Å². The fourth-order valence-corrected chi connectivity index (χ4v) is 7.18. The lowest BCUT2D eigenvalue weighted by molar-refractivity contribution is 0.0561. The molecule has 11 heteroatoms. The third-order valence-electron chi connectivity index (χ3n) is 9.62. The van der Waals surface area contributed by atoms with E-state index in [0.29, 0.717) is 71.7 Å². The molecule has 11 nitrogen and oxygen atoms in total. The molecule has 4 aliphatic heterocycles. The maximum atomic E-state index is 13.8. The van der Waals surface area contributed by atoms with Crippen molar-refractivity contribution >= 4 is 29.4 Å². The minimum Gasteiger partial charge on any atom is -0.493 e. The molecule has 0 saturated heterocycles. The molecule has 1 unspecified atom stereocenters.